The number of carbonyl (C=O) groups excluding carboxylic acids is 1. The van der Waals surface area contributed by atoms with Crippen LogP contribution in [0.5, 0.6) is 5.75 Å². The predicted molar refractivity (Wildman–Crippen MR) is 69.4 cm³/mol. The van der Waals surface area contributed by atoms with Crippen molar-refractivity contribution in [2.24, 2.45) is 0 Å². The topological polar surface area (TPSA) is 35.5 Å². The second-order valence-electron chi connectivity index (χ2n) is 4.73. The third kappa shape index (κ3) is 2.99. The lowest BCUT2D eigenvalue weighted by molar-refractivity contribution is -0.132. The maximum absolute atomic E-state index is 11.1. The van der Waals surface area contributed by atoms with Crippen LogP contribution in [0.15, 0.2) is 36.4 Å². The molecule has 1 aliphatic rings. The lowest BCUT2D eigenvalue weighted by Gasteiger charge is -2.30. The summed E-state index contributed by atoms with van der Waals surface area (Å²) in [6, 6.07) is 7.51. The van der Waals surface area contributed by atoms with E-state index in [0.717, 1.165) is 18.4 Å². The molecule has 1 saturated heterocycles. The molecule has 3 nitrogen and oxygen atoms in total. The second kappa shape index (κ2) is 5.36. The molecule has 96 valence electrons. The SMILES string of the molecule is C=C1C[C@@H](C)O[C@@H](c2ccccc2OC(C)=O)C1. The van der Waals surface area contributed by atoms with E-state index in [1.807, 2.05) is 25.1 Å². The molecule has 1 aromatic carbocycles. The van der Waals surface area contributed by atoms with Crippen LogP contribution in [0.2, 0.25) is 0 Å². The van der Waals surface area contributed by atoms with Gasteiger partial charge in [0, 0.05) is 12.5 Å². The van der Waals surface area contributed by atoms with Crippen LogP contribution in [-0.2, 0) is 9.53 Å². The Morgan fingerprint density at radius 1 is 1.39 bits per heavy atom. The van der Waals surface area contributed by atoms with Crippen molar-refractivity contribution in [2.75, 3.05) is 0 Å². The van der Waals surface area contributed by atoms with E-state index >= 15 is 0 Å². The smallest absolute Gasteiger partial charge is 0.308 e. The zero-order valence-electron chi connectivity index (χ0n) is 10.8. The van der Waals surface area contributed by atoms with E-state index in [2.05, 4.69) is 6.58 Å². The zero-order chi connectivity index (χ0) is 13.1. The van der Waals surface area contributed by atoms with E-state index in [1.54, 1.807) is 6.07 Å². The summed E-state index contributed by atoms with van der Waals surface area (Å²) in [5.74, 6) is 0.266. The first-order valence-corrected chi connectivity index (χ1v) is 6.15. The summed E-state index contributed by atoms with van der Waals surface area (Å²) in [7, 11) is 0. The third-order valence-electron chi connectivity index (χ3n) is 2.97. The molecule has 0 unspecified atom stereocenters. The van der Waals surface area contributed by atoms with Crippen LogP contribution >= 0.6 is 0 Å². The van der Waals surface area contributed by atoms with Gasteiger partial charge in [0.2, 0.25) is 0 Å². The Hall–Kier alpha value is -1.61. The Morgan fingerprint density at radius 2 is 2.11 bits per heavy atom. The van der Waals surface area contributed by atoms with Crippen molar-refractivity contribution in [2.45, 2.75) is 38.9 Å². The van der Waals surface area contributed by atoms with Crippen LogP contribution in [0.1, 0.15) is 38.4 Å². The Bertz CT molecular complexity index is 465. The number of carbonyl (C=O) groups is 1. The van der Waals surface area contributed by atoms with Gasteiger partial charge in [-0.2, -0.15) is 0 Å². The van der Waals surface area contributed by atoms with Crippen molar-refractivity contribution in [3.63, 3.8) is 0 Å². The molecule has 0 radical (unpaired) electrons. The molecule has 1 heterocycles. The third-order valence-corrected chi connectivity index (χ3v) is 2.97. The maximum atomic E-state index is 11.1. The number of ether oxygens (including phenoxy) is 2. The van der Waals surface area contributed by atoms with Gasteiger partial charge in [0.25, 0.3) is 0 Å². The fourth-order valence-corrected chi connectivity index (χ4v) is 2.31. The van der Waals surface area contributed by atoms with Gasteiger partial charge in [-0.25, -0.2) is 0 Å². The predicted octanol–water partition coefficient (Wildman–Crippen LogP) is 3.41. The summed E-state index contributed by atoms with van der Waals surface area (Å²) >= 11 is 0. The monoisotopic (exact) mass is 246 g/mol. The molecule has 0 aliphatic carbocycles. The first kappa shape index (κ1) is 12.8. The second-order valence-corrected chi connectivity index (χ2v) is 4.73. The van der Waals surface area contributed by atoms with Crippen molar-refractivity contribution in [3.05, 3.63) is 42.0 Å². The normalized spacial score (nSPS) is 23.8. The molecule has 0 N–H and O–H groups in total. The van der Waals surface area contributed by atoms with E-state index in [4.69, 9.17) is 9.47 Å². The number of rotatable bonds is 2. The average Bonchev–Trinajstić information content (AvgIpc) is 2.27. The summed E-state index contributed by atoms with van der Waals surface area (Å²) in [5.41, 5.74) is 2.09. The van der Waals surface area contributed by atoms with E-state index in [-0.39, 0.29) is 18.2 Å². The van der Waals surface area contributed by atoms with Crippen LogP contribution in [0.25, 0.3) is 0 Å². The van der Waals surface area contributed by atoms with E-state index in [9.17, 15) is 4.79 Å². The Kier molecular flexibility index (Phi) is 3.82. The van der Waals surface area contributed by atoms with Gasteiger partial charge in [0.1, 0.15) is 5.75 Å². The number of esters is 1. The van der Waals surface area contributed by atoms with Gasteiger partial charge < -0.3 is 9.47 Å². The number of hydrogen-bond donors (Lipinski definition) is 0. The van der Waals surface area contributed by atoms with Gasteiger partial charge in [0.15, 0.2) is 0 Å². The Morgan fingerprint density at radius 3 is 2.78 bits per heavy atom. The minimum absolute atomic E-state index is 0.0724. The fourth-order valence-electron chi connectivity index (χ4n) is 2.31. The molecule has 2 atom stereocenters. The first-order valence-electron chi connectivity index (χ1n) is 6.15. The highest BCUT2D eigenvalue weighted by Crippen LogP contribution is 2.37. The van der Waals surface area contributed by atoms with Gasteiger partial charge in [-0.15, -0.1) is 0 Å². The van der Waals surface area contributed by atoms with Gasteiger partial charge in [-0.05, 0) is 25.8 Å². The Labute approximate surface area is 107 Å². The molecule has 0 amide bonds. The van der Waals surface area contributed by atoms with Crippen molar-refractivity contribution < 1.29 is 14.3 Å². The molecule has 0 spiro atoms. The van der Waals surface area contributed by atoms with Crippen LogP contribution in [-0.4, -0.2) is 12.1 Å². The highest BCUT2D eigenvalue weighted by molar-refractivity contribution is 5.69. The van der Waals surface area contributed by atoms with E-state index in [1.165, 1.54) is 12.5 Å². The van der Waals surface area contributed by atoms with Crippen molar-refractivity contribution in [3.8, 4) is 5.75 Å². The lowest BCUT2D eigenvalue weighted by atomic mass is 9.95. The number of hydrogen-bond acceptors (Lipinski definition) is 3. The van der Waals surface area contributed by atoms with Crippen molar-refractivity contribution >= 4 is 5.97 Å². The molecule has 0 bridgehead atoms. The van der Waals surface area contributed by atoms with Crippen LogP contribution in [0, 0.1) is 0 Å². The number of benzene rings is 1. The minimum atomic E-state index is -0.315. The highest BCUT2D eigenvalue weighted by atomic mass is 16.5. The molecule has 1 fully saturated rings. The maximum Gasteiger partial charge on any atom is 0.308 e. The molecular weight excluding hydrogens is 228 g/mol. The Balaban J connectivity index is 2.26. The van der Waals surface area contributed by atoms with Crippen LogP contribution < -0.4 is 4.74 Å². The van der Waals surface area contributed by atoms with Crippen molar-refractivity contribution in [1.82, 2.24) is 0 Å². The van der Waals surface area contributed by atoms with E-state index in [0.29, 0.717) is 5.75 Å². The molecule has 0 saturated carbocycles. The lowest BCUT2D eigenvalue weighted by Crippen LogP contribution is -2.21. The summed E-state index contributed by atoms with van der Waals surface area (Å²) in [6.45, 7) is 7.48. The zero-order valence-corrected chi connectivity index (χ0v) is 10.8. The molecule has 2 rings (SSSR count). The van der Waals surface area contributed by atoms with E-state index < -0.39 is 0 Å². The van der Waals surface area contributed by atoms with Crippen LogP contribution in [0.3, 0.4) is 0 Å². The molecule has 18 heavy (non-hydrogen) atoms. The minimum Gasteiger partial charge on any atom is -0.426 e. The van der Waals surface area contributed by atoms with Gasteiger partial charge in [0.05, 0.1) is 12.2 Å². The molecular formula is C15H18O3. The molecule has 3 heteroatoms. The summed E-state index contributed by atoms with van der Waals surface area (Å²) in [4.78, 5) is 11.1. The highest BCUT2D eigenvalue weighted by Gasteiger charge is 2.25. The van der Waals surface area contributed by atoms with Crippen LogP contribution in [0.4, 0.5) is 0 Å². The average molecular weight is 246 g/mol. The standard InChI is InChI=1S/C15H18O3/c1-10-8-11(2)17-15(9-10)13-6-4-5-7-14(13)18-12(3)16/h4-7,11,15H,1,8-9H2,2-3H3/t11-,15-/m1/s1. The summed E-state index contributed by atoms with van der Waals surface area (Å²) in [5, 5.41) is 0. The summed E-state index contributed by atoms with van der Waals surface area (Å²) < 4.78 is 11.1. The molecule has 0 aromatic heterocycles. The number of para-hydroxylation sites is 1. The van der Waals surface area contributed by atoms with Gasteiger partial charge in [-0.3, -0.25) is 4.79 Å². The van der Waals surface area contributed by atoms with Gasteiger partial charge in [-0.1, -0.05) is 30.4 Å². The summed E-state index contributed by atoms with van der Waals surface area (Å²) in [6.07, 6.45) is 1.76. The first-order chi connectivity index (χ1) is 8.56. The molecule has 1 aromatic rings. The van der Waals surface area contributed by atoms with Gasteiger partial charge >= 0.3 is 5.97 Å². The molecule has 1 aliphatic heterocycles. The largest absolute Gasteiger partial charge is 0.426 e. The van der Waals surface area contributed by atoms with Crippen molar-refractivity contribution in [1.29, 1.82) is 0 Å². The quantitative estimate of drug-likeness (QED) is 0.456. The fraction of sp³-hybridized carbons (Fsp3) is 0.400.